The van der Waals surface area contributed by atoms with E-state index in [1.807, 2.05) is 12.1 Å². The predicted octanol–water partition coefficient (Wildman–Crippen LogP) is 13.1. The van der Waals surface area contributed by atoms with Gasteiger partial charge in [0.25, 0.3) is 13.8 Å². The first-order valence-corrected chi connectivity index (χ1v) is 37.4. The summed E-state index contributed by atoms with van der Waals surface area (Å²) in [5.41, 5.74) is 22.7. The number of nitrogen functional groups attached to an aromatic ring is 3. The lowest BCUT2D eigenvalue weighted by atomic mass is 9.66. The van der Waals surface area contributed by atoms with Gasteiger partial charge in [0.15, 0.2) is 0 Å². The molecule has 10 aromatic rings. The molecule has 43 heteroatoms. The highest BCUT2D eigenvalue weighted by Crippen LogP contribution is 2.32. The zero-order valence-corrected chi connectivity index (χ0v) is 69.2. The second kappa shape index (κ2) is 49.8. The number of nitrogens with two attached hydrogens (primary N) is 4. The fourth-order valence-electron chi connectivity index (χ4n) is 7.73. The number of hydrogen-bond donors (Lipinski definition) is 10. The van der Waals surface area contributed by atoms with Gasteiger partial charge in [-0.25, -0.2) is 79.4 Å². The minimum absolute atomic E-state index is 0. The number of aromatic nitrogens is 15. The van der Waals surface area contributed by atoms with Crippen LogP contribution in [0.2, 0.25) is 34.3 Å². The number of anilines is 5. The fraction of sp³-hybridized carbons (Fsp3) is 0.342. The van der Waals surface area contributed by atoms with Crippen LogP contribution in [0.4, 0.5) is 38.3 Å². The van der Waals surface area contributed by atoms with Crippen LogP contribution in [0.5, 0.6) is 47.0 Å². The molecule has 0 unspecified atom stereocenters. The van der Waals surface area contributed by atoms with Gasteiger partial charge in [0.2, 0.25) is 70.3 Å². The standard InChI is InChI=1S/C15H17BN4O3.C13H13N5O2.C11H11BClN3O2.C10H18O5.C9H7ClN4O.C5H6N2O.C4H2Cl2N2.C4H7NO.C4H10O.CH4/c1-16(22)7-10-2-5-13(17-8-10)23-14-6-12(18-9-19-14)20-15(21)11-3-4-11;14-9-3-4-11(15-6-9)20-12-5-10(16-7-17-12)18-13(19)8-1-2-8;1-12(17)5-8-2-3-10(14-6-8)18-11-4-9(13)15-7-16-11;1-9(2,3)14-7(11)13-8(12)15-10(4,5)6;10-7-3-9(14-5-13-7)15-8-2-1-6(11)4-12-8;6-4-1-2-5(8)7-3-4;5-3-1-4(6)8-2-7-3;5-4(6)3-1-2-3;1-4(2,3)5;/h2,5-6,8-9,11,22H,3-4,7H2,1H3,(H,18,19,20,21);3-8H,1-2,14H2,(H,16,17,18,19);2-4,6-7,17H,5H2,1H3;1-6H3;1-5H,11H2;1-3H,6H2,(H,7,8);1-2H;3H,1-2H2,(H2,5,6);5H,1-3H3;1H4. The Morgan fingerprint density at radius 1 is 0.445 bits per heavy atom. The molecule has 3 aliphatic carbocycles. The molecule has 3 fully saturated rings. The molecule has 14 N–H and O–H groups in total. The summed E-state index contributed by atoms with van der Waals surface area (Å²) in [6.45, 7) is 17.9. The second-order valence-electron chi connectivity index (χ2n) is 28.3. The maximum Gasteiger partial charge on any atom is 0.519 e. The first kappa shape index (κ1) is 99.2. The molecule has 0 aliphatic heterocycles. The molecule has 37 nitrogen and oxygen atoms in total. The van der Waals surface area contributed by atoms with Gasteiger partial charge in [0, 0.05) is 103 Å². The average molecular weight is 1720 g/mol. The molecule has 10 aromatic heterocycles. The van der Waals surface area contributed by atoms with Crippen LogP contribution in [0.3, 0.4) is 0 Å². The second-order valence-corrected chi connectivity index (χ2v) is 29.8. The lowest BCUT2D eigenvalue weighted by Gasteiger charge is -2.20. The molecule has 0 saturated heterocycles. The minimum Gasteiger partial charge on any atom is -0.450 e. The number of rotatable bonds is 17. The summed E-state index contributed by atoms with van der Waals surface area (Å²) < 4.78 is 35.5. The van der Waals surface area contributed by atoms with Crippen molar-refractivity contribution in [1.29, 1.82) is 0 Å². The van der Waals surface area contributed by atoms with Crippen molar-refractivity contribution in [3.05, 3.63) is 196 Å². The van der Waals surface area contributed by atoms with E-state index in [1.165, 1.54) is 74.5 Å². The summed E-state index contributed by atoms with van der Waals surface area (Å²) in [6, 6.07) is 24.3. The van der Waals surface area contributed by atoms with E-state index >= 15 is 0 Å². The van der Waals surface area contributed by atoms with Crippen molar-refractivity contribution in [2.45, 2.75) is 151 Å². The number of pyridine rings is 5. The normalized spacial score (nSPS) is 12.0. The maximum absolute atomic E-state index is 11.7. The first-order valence-electron chi connectivity index (χ1n) is 35.9. The third kappa shape index (κ3) is 47.6. The summed E-state index contributed by atoms with van der Waals surface area (Å²) >= 11 is 22.2. The van der Waals surface area contributed by atoms with E-state index in [-0.39, 0.29) is 55.4 Å². The number of H-pyrrole nitrogens is 1. The third-order valence-electron chi connectivity index (χ3n) is 13.2. The quantitative estimate of drug-likeness (QED) is 0.0175. The van der Waals surface area contributed by atoms with Crippen molar-refractivity contribution in [2.24, 2.45) is 23.5 Å². The summed E-state index contributed by atoms with van der Waals surface area (Å²) in [5, 5.41) is 33.9. The van der Waals surface area contributed by atoms with Crippen molar-refractivity contribution in [2.75, 3.05) is 27.8 Å². The van der Waals surface area contributed by atoms with Gasteiger partial charge in [0.1, 0.15) is 75.1 Å². The Morgan fingerprint density at radius 2 is 0.756 bits per heavy atom. The molecule has 119 heavy (non-hydrogen) atoms. The van der Waals surface area contributed by atoms with Crippen LogP contribution in [0.1, 0.15) is 119 Å². The van der Waals surface area contributed by atoms with E-state index in [4.69, 9.17) is 103 Å². The summed E-state index contributed by atoms with van der Waals surface area (Å²) in [6.07, 6.45) is 19.1. The Kier molecular flexibility index (Phi) is 41.5. The molecule has 13 rings (SSSR count). The summed E-state index contributed by atoms with van der Waals surface area (Å²) in [7, 11) is 0. The molecule has 0 radical (unpaired) electrons. The summed E-state index contributed by atoms with van der Waals surface area (Å²) in [4.78, 5) is 123. The van der Waals surface area contributed by atoms with E-state index in [1.54, 1.807) is 143 Å². The van der Waals surface area contributed by atoms with Crippen LogP contribution in [-0.2, 0) is 41.2 Å². The van der Waals surface area contributed by atoms with Crippen LogP contribution < -0.4 is 58.1 Å². The number of amides is 3. The van der Waals surface area contributed by atoms with Gasteiger partial charge in [-0.2, -0.15) is 0 Å². The highest BCUT2D eigenvalue weighted by Gasteiger charge is 2.31. The zero-order valence-electron chi connectivity index (χ0n) is 66.2. The highest BCUT2D eigenvalue weighted by molar-refractivity contribution is 6.48. The van der Waals surface area contributed by atoms with Crippen molar-refractivity contribution in [3.8, 4) is 47.0 Å². The number of aromatic amines is 1. The van der Waals surface area contributed by atoms with Gasteiger partial charge in [-0.1, -0.05) is 79.6 Å². The number of carbonyl (C=O) groups is 5. The van der Waals surface area contributed by atoms with Gasteiger partial charge in [-0.15, -0.1) is 0 Å². The van der Waals surface area contributed by atoms with Gasteiger partial charge in [0.05, 0.1) is 29.4 Å². The minimum atomic E-state index is -1.06. The van der Waals surface area contributed by atoms with Crippen LogP contribution in [0.25, 0.3) is 0 Å². The fourth-order valence-corrected chi connectivity index (χ4v) is 8.36. The van der Waals surface area contributed by atoms with Crippen LogP contribution >= 0.6 is 46.4 Å². The van der Waals surface area contributed by atoms with Crippen molar-refractivity contribution >= 4 is 119 Å². The zero-order chi connectivity index (χ0) is 87.1. The maximum atomic E-state index is 11.7. The molecular formula is C76H95B2Cl4N21O16. The number of hydrogen-bond acceptors (Lipinski definition) is 33. The van der Waals surface area contributed by atoms with E-state index in [0.717, 1.165) is 49.7 Å². The average Bonchev–Trinajstić information content (AvgIpc) is 0.959. The largest absolute Gasteiger partial charge is 0.519 e. The number of halogens is 4. The Morgan fingerprint density at radius 3 is 1.00 bits per heavy atom. The van der Waals surface area contributed by atoms with E-state index < -0.39 is 36.0 Å². The van der Waals surface area contributed by atoms with Gasteiger partial charge in [-0.05, 0) is 143 Å². The number of nitrogens with one attached hydrogen (secondary N) is 3. The Bertz CT molecular complexity index is 4770. The number of ether oxygens (including phenoxy) is 7. The molecule has 0 aromatic carbocycles. The molecule has 0 atom stereocenters. The van der Waals surface area contributed by atoms with Gasteiger partial charge < -0.3 is 86.9 Å². The SMILES string of the molecule is C.CB(O)Cc1ccc(Oc2cc(Cl)ncn2)nc1.CB(O)Cc1ccc(Oc2cc(NC(=O)C3CC3)ncn2)nc1.CC(C)(C)O.CC(C)(C)OC(=O)OC(=O)OC(C)(C)C.Clc1cc(Cl)ncn1.NC(=O)C1CC1.Nc1ccc(=O)[nH]c1.Nc1ccc(Oc2cc(Cl)ncn2)nc1.Nc1ccc(Oc2cc(NC(=O)C3CC3)ncn2)nc1. The predicted molar refractivity (Wildman–Crippen MR) is 450 cm³/mol. The molecule has 634 valence electrons. The number of primary amides is 1. The van der Waals surface area contributed by atoms with Crippen LogP contribution in [0.15, 0.2) is 158 Å². The molecule has 3 saturated carbocycles. The van der Waals surface area contributed by atoms with Crippen molar-refractivity contribution < 1.29 is 72.3 Å². The van der Waals surface area contributed by atoms with E-state index in [0.29, 0.717) is 109 Å². The Labute approximate surface area is 707 Å². The highest BCUT2D eigenvalue weighted by atomic mass is 35.5. The lowest BCUT2D eigenvalue weighted by molar-refractivity contribution is -0.119. The van der Waals surface area contributed by atoms with E-state index in [9.17, 15) is 38.8 Å². The Balaban J connectivity index is 0.000000291. The molecule has 10 heterocycles. The van der Waals surface area contributed by atoms with Crippen LogP contribution in [0, 0.1) is 17.8 Å². The van der Waals surface area contributed by atoms with Gasteiger partial charge in [-0.3, -0.25) is 19.2 Å². The Hall–Kier alpha value is -12.1. The van der Waals surface area contributed by atoms with Gasteiger partial charge >= 0.3 is 12.3 Å². The monoisotopic (exact) mass is 1720 g/mol. The molecule has 0 bridgehead atoms. The van der Waals surface area contributed by atoms with Crippen molar-refractivity contribution in [1.82, 2.24) is 74.8 Å². The molecule has 0 spiro atoms. The molecule has 3 amide bonds. The van der Waals surface area contributed by atoms with E-state index in [2.05, 4.69) is 90.1 Å². The van der Waals surface area contributed by atoms with Crippen LogP contribution in [-0.4, -0.2) is 151 Å². The summed E-state index contributed by atoms with van der Waals surface area (Å²) in [5.74, 6) is 4.01. The number of aliphatic hydroxyl groups is 1. The lowest BCUT2D eigenvalue weighted by Crippen LogP contribution is -2.29. The topological polar surface area (TPSA) is 552 Å². The molecular weight excluding hydrogens is 1630 g/mol. The van der Waals surface area contributed by atoms with Crippen molar-refractivity contribution in [3.63, 3.8) is 0 Å². The first-order chi connectivity index (χ1) is 55.5. The third-order valence-corrected chi connectivity index (χ3v) is 14.1. The number of carbonyl (C=O) groups excluding carboxylic acids is 5. The molecule has 3 aliphatic rings. The smallest absolute Gasteiger partial charge is 0.450 e. The number of nitrogens with zero attached hydrogens (tertiary/aromatic N) is 14.